The van der Waals surface area contributed by atoms with Crippen molar-refractivity contribution in [2.75, 3.05) is 0 Å². The van der Waals surface area contributed by atoms with E-state index >= 15 is 0 Å². The SMILES string of the molecule is CC(NC(=O)NC1CCCC1)C1CC2CCC1C2. The first kappa shape index (κ1) is 12.3. The Bertz CT molecular complexity index is 312. The maximum Gasteiger partial charge on any atom is 0.315 e. The minimum absolute atomic E-state index is 0.0668. The summed E-state index contributed by atoms with van der Waals surface area (Å²) in [5.41, 5.74) is 0. The Morgan fingerprint density at radius 2 is 1.89 bits per heavy atom. The zero-order valence-corrected chi connectivity index (χ0v) is 11.5. The first-order chi connectivity index (χ1) is 8.72. The number of hydrogen-bond donors (Lipinski definition) is 2. The Morgan fingerprint density at radius 1 is 1.11 bits per heavy atom. The van der Waals surface area contributed by atoms with Gasteiger partial charge in [-0.3, -0.25) is 0 Å². The van der Waals surface area contributed by atoms with Crippen molar-refractivity contribution in [2.24, 2.45) is 17.8 Å². The van der Waals surface area contributed by atoms with Gasteiger partial charge in [0.15, 0.2) is 0 Å². The molecule has 2 amide bonds. The van der Waals surface area contributed by atoms with Crippen LogP contribution in [0.3, 0.4) is 0 Å². The van der Waals surface area contributed by atoms with Crippen LogP contribution in [0.2, 0.25) is 0 Å². The lowest BCUT2D eigenvalue weighted by atomic mass is 9.84. The minimum atomic E-state index is 0.0668. The summed E-state index contributed by atoms with van der Waals surface area (Å²) in [6.07, 6.45) is 10.5. The fraction of sp³-hybridized carbons (Fsp3) is 0.933. The Kier molecular flexibility index (Phi) is 3.49. The molecule has 3 saturated carbocycles. The lowest BCUT2D eigenvalue weighted by molar-refractivity contribution is 0.217. The summed E-state index contributed by atoms with van der Waals surface area (Å²) in [7, 11) is 0. The third-order valence-corrected chi connectivity index (χ3v) is 5.48. The second-order valence-corrected chi connectivity index (χ2v) is 6.73. The molecule has 0 saturated heterocycles. The molecule has 3 heteroatoms. The molecule has 0 spiro atoms. The zero-order chi connectivity index (χ0) is 12.5. The van der Waals surface area contributed by atoms with E-state index in [1.807, 2.05) is 0 Å². The van der Waals surface area contributed by atoms with Crippen LogP contribution in [-0.2, 0) is 0 Å². The Labute approximate surface area is 110 Å². The fourth-order valence-corrected chi connectivity index (χ4v) is 4.52. The molecule has 3 aliphatic carbocycles. The van der Waals surface area contributed by atoms with Gasteiger partial charge in [-0.05, 0) is 56.8 Å². The first-order valence-corrected chi connectivity index (χ1v) is 7.79. The van der Waals surface area contributed by atoms with Crippen molar-refractivity contribution in [1.82, 2.24) is 10.6 Å². The molecule has 0 aromatic heterocycles. The molecular formula is C15H26N2O. The van der Waals surface area contributed by atoms with E-state index in [0.717, 1.165) is 30.6 Å². The molecule has 0 heterocycles. The highest BCUT2D eigenvalue weighted by Crippen LogP contribution is 2.49. The van der Waals surface area contributed by atoms with Crippen LogP contribution in [0.25, 0.3) is 0 Å². The number of hydrogen-bond acceptors (Lipinski definition) is 1. The summed E-state index contributed by atoms with van der Waals surface area (Å²) in [5.74, 6) is 2.58. The van der Waals surface area contributed by atoms with E-state index in [9.17, 15) is 4.79 Å². The summed E-state index contributed by atoms with van der Waals surface area (Å²) in [4.78, 5) is 12.0. The molecule has 3 fully saturated rings. The van der Waals surface area contributed by atoms with Gasteiger partial charge in [-0.15, -0.1) is 0 Å². The number of urea groups is 1. The van der Waals surface area contributed by atoms with Crippen molar-refractivity contribution in [3.8, 4) is 0 Å². The number of carbonyl (C=O) groups is 1. The van der Waals surface area contributed by atoms with Gasteiger partial charge in [-0.25, -0.2) is 4.79 Å². The van der Waals surface area contributed by atoms with Crippen molar-refractivity contribution in [3.63, 3.8) is 0 Å². The van der Waals surface area contributed by atoms with Gasteiger partial charge in [-0.2, -0.15) is 0 Å². The summed E-state index contributed by atoms with van der Waals surface area (Å²) in [6, 6.07) is 0.844. The number of amides is 2. The largest absolute Gasteiger partial charge is 0.335 e. The van der Waals surface area contributed by atoms with E-state index in [2.05, 4.69) is 17.6 Å². The standard InChI is InChI=1S/C15H26N2O/c1-10(14-9-11-6-7-12(14)8-11)16-15(18)17-13-4-2-3-5-13/h10-14H,2-9H2,1H3,(H2,16,17,18). The molecule has 4 atom stereocenters. The predicted molar refractivity (Wildman–Crippen MR) is 72.3 cm³/mol. The van der Waals surface area contributed by atoms with Gasteiger partial charge >= 0.3 is 6.03 Å². The van der Waals surface area contributed by atoms with Gasteiger partial charge in [0, 0.05) is 12.1 Å². The first-order valence-electron chi connectivity index (χ1n) is 7.79. The van der Waals surface area contributed by atoms with Crippen LogP contribution in [0.15, 0.2) is 0 Å². The number of rotatable bonds is 3. The molecule has 0 aliphatic heterocycles. The van der Waals surface area contributed by atoms with Gasteiger partial charge in [0.2, 0.25) is 0 Å². The number of fused-ring (bicyclic) bond motifs is 2. The van der Waals surface area contributed by atoms with E-state index < -0.39 is 0 Å². The highest BCUT2D eigenvalue weighted by molar-refractivity contribution is 5.74. The van der Waals surface area contributed by atoms with Crippen molar-refractivity contribution in [2.45, 2.75) is 70.4 Å². The van der Waals surface area contributed by atoms with Gasteiger partial charge in [0.1, 0.15) is 0 Å². The van der Waals surface area contributed by atoms with Gasteiger partial charge in [0.25, 0.3) is 0 Å². The molecule has 2 N–H and O–H groups in total. The monoisotopic (exact) mass is 250 g/mol. The topological polar surface area (TPSA) is 41.1 Å². The van der Waals surface area contributed by atoms with E-state index in [4.69, 9.17) is 0 Å². The summed E-state index contributed by atoms with van der Waals surface area (Å²) in [6.45, 7) is 2.19. The Morgan fingerprint density at radius 3 is 2.50 bits per heavy atom. The van der Waals surface area contributed by atoms with Crippen LogP contribution < -0.4 is 10.6 Å². The maximum absolute atomic E-state index is 12.0. The molecular weight excluding hydrogens is 224 g/mol. The molecule has 0 aromatic rings. The van der Waals surface area contributed by atoms with Crippen molar-refractivity contribution >= 4 is 6.03 Å². The number of nitrogens with one attached hydrogen (secondary N) is 2. The molecule has 18 heavy (non-hydrogen) atoms. The maximum atomic E-state index is 12.0. The molecule has 2 bridgehead atoms. The van der Waals surface area contributed by atoms with Crippen LogP contribution in [0.1, 0.15) is 58.3 Å². The smallest absolute Gasteiger partial charge is 0.315 e. The molecule has 0 radical (unpaired) electrons. The van der Waals surface area contributed by atoms with Crippen LogP contribution in [0.4, 0.5) is 4.79 Å². The molecule has 0 aromatic carbocycles. The quantitative estimate of drug-likeness (QED) is 0.794. The van der Waals surface area contributed by atoms with Crippen LogP contribution in [-0.4, -0.2) is 18.1 Å². The van der Waals surface area contributed by atoms with Gasteiger partial charge < -0.3 is 10.6 Å². The lowest BCUT2D eigenvalue weighted by Crippen LogP contribution is -2.47. The molecule has 102 valence electrons. The Balaban J connectivity index is 1.45. The van der Waals surface area contributed by atoms with E-state index in [0.29, 0.717) is 12.1 Å². The highest BCUT2D eigenvalue weighted by Gasteiger charge is 2.42. The average Bonchev–Trinajstić information content (AvgIpc) is 3.04. The van der Waals surface area contributed by atoms with Gasteiger partial charge in [-0.1, -0.05) is 19.3 Å². The Hall–Kier alpha value is -0.730. The minimum Gasteiger partial charge on any atom is -0.335 e. The van der Waals surface area contributed by atoms with Crippen LogP contribution in [0.5, 0.6) is 0 Å². The lowest BCUT2D eigenvalue weighted by Gasteiger charge is -2.29. The van der Waals surface area contributed by atoms with E-state index in [1.54, 1.807) is 0 Å². The third kappa shape index (κ3) is 2.50. The predicted octanol–water partition coefficient (Wildman–Crippen LogP) is 3.05. The summed E-state index contributed by atoms with van der Waals surface area (Å²) in [5, 5.41) is 6.31. The van der Waals surface area contributed by atoms with Crippen molar-refractivity contribution < 1.29 is 4.79 Å². The highest BCUT2D eigenvalue weighted by atomic mass is 16.2. The second-order valence-electron chi connectivity index (χ2n) is 6.73. The van der Waals surface area contributed by atoms with Crippen molar-refractivity contribution in [1.29, 1.82) is 0 Å². The van der Waals surface area contributed by atoms with Crippen LogP contribution >= 0.6 is 0 Å². The average molecular weight is 250 g/mol. The normalized spacial score (nSPS) is 36.8. The molecule has 3 rings (SSSR count). The van der Waals surface area contributed by atoms with Gasteiger partial charge in [0.05, 0.1) is 0 Å². The molecule has 3 aliphatic rings. The van der Waals surface area contributed by atoms with E-state index in [-0.39, 0.29) is 6.03 Å². The third-order valence-electron chi connectivity index (χ3n) is 5.48. The van der Waals surface area contributed by atoms with Crippen molar-refractivity contribution in [3.05, 3.63) is 0 Å². The van der Waals surface area contributed by atoms with E-state index in [1.165, 1.54) is 38.5 Å². The van der Waals surface area contributed by atoms with Crippen LogP contribution in [0, 0.1) is 17.8 Å². The number of carbonyl (C=O) groups excluding carboxylic acids is 1. The second kappa shape index (κ2) is 5.10. The summed E-state index contributed by atoms with van der Waals surface area (Å²) < 4.78 is 0. The summed E-state index contributed by atoms with van der Waals surface area (Å²) >= 11 is 0. The fourth-order valence-electron chi connectivity index (χ4n) is 4.52. The molecule has 3 nitrogen and oxygen atoms in total. The molecule has 4 unspecified atom stereocenters. The zero-order valence-electron chi connectivity index (χ0n) is 11.5.